The van der Waals surface area contributed by atoms with E-state index in [1.807, 2.05) is 0 Å². The zero-order chi connectivity index (χ0) is 10.7. The Labute approximate surface area is 91.8 Å². The van der Waals surface area contributed by atoms with Gasteiger partial charge >= 0.3 is 5.97 Å². The van der Waals surface area contributed by atoms with Crippen LogP contribution in [0.1, 0.15) is 32.1 Å². The molecule has 3 nitrogen and oxygen atoms in total. The molecule has 1 heterocycles. The molecule has 1 aliphatic heterocycles. The first-order valence-corrected chi connectivity index (χ1v) is 6.07. The molecule has 3 heteroatoms. The van der Waals surface area contributed by atoms with Crippen molar-refractivity contribution in [3.8, 4) is 0 Å². The lowest BCUT2D eigenvalue weighted by Crippen LogP contribution is -2.43. The summed E-state index contributed by atoms with van der Waals surface area (Å²) in [6.45, 7) is 3.29. The number of ether oxygens (including phenoxy) is 1. The molecule has 0 N–H and O–H groups in total. The van der Waals surface area contributed by atoms with Crippen LogP contribution in [-0.2, 0) is 9.53 Å². The zero-order valence-corrected chi connectivity index (χ0v) is 9.58. The lowest BCUT2D eigenvalue weighted by atomic mass is 9.78. The third-order valence-electron chi connectivity index (χ3n) is 3.78. The van der Waals surface area contributed by atoms with Crippen LogP contribution in [0.2, 0.25) is 0 Å². The summed E-state index contributed by atoms with van der Waals surface area (Å²) >= 11 is 0. The molecule has 0 aromatic heterocycles. The van der Waals surface area contributed by atoms with Gasteiger partial charge in [-0.05, 0) is 31.1 Å². The van der Waals surface area contributed by atoms with Gasteiger partial charge in [0.05, 0.1) is 13.5 Å². The monoisotopic (exact) mass is 211 g/mol. The minimum atomic E-state index is -0.0780. The van der Waals surface area contributed by atoms with Gasteiger partial charge in [-0.2, -0.15) is 0 Å². The van der Waals surface area contributed by atoms with E-state index in [0.29, 0.717) is 6.42 Å². The molecule has 15 heavy (non-hydrogen) atoms. The summed E-state index contributed by atoms with van der Waals surface area (Å²) in [4.78, 5) is 13.5. The van der Waals surface area contributed by atoms with Crippen LogP contribution in [0, 0.1) is 11.8 Å². The van der Waals surface area contributed by atoms with Gasteiger partial charge in [0.15, 0.2) is 0 Å². The van der Waals surface area contributed by atoms with Gasteiger partial charge in [-0.1, -0.05) is 6.42 Å². The fraction of sp³-hybridized carbons (Fsp3) is 0.917. The number of carbonyl (C=O) groups excluding carboxylic acids is 1. The molecule has 86 valence electrons. The van der Waals surface area contributed by atoms with Gasteiger partial charge in [0.1, 0.15) is 0 Å². The summed E-state index contributed by atoms with van der Waals surface area (Å²) in [6.07, 6.45) is 6.18. The molecule has 2 fully saturated rings. The van der Waals surface area contributed by atoms with Gasteiger partial charge in [-0.15, -0.1) is 0 Å². The van der Waals surface area contributed by atoms with Crippen molar-refractivity contribution < 1.29 is 9.53 Å². The van der Waals surface area contributed by atoms with E-state index >= 15 is 0 Å². The first kappa shape index (κ1) is 10.9. The third kappa shape index (κ3) is 2.94. The van der Waals surface area contributed by atoms with Crippen molar-refractivity contribution in [1.82, 2.24) is 4.90 Å². The summed E-state index contributed by atoms with van der Waals surface area (Å²) in [6, 6.07) is 0. The van der Waals surface area contributed by atoms with Crippen molar-refractivity contribution in [2.45, 2.75) is 32.1 Å². The minimum absolute atomic E-state index is 0.0780. The van der Waals surface area contributed by atoms with Crippen molar-refractivity contribution in [2.75, 3.05) is 26.7 Å². The van der Waals surface area contributed by atoms with Gasteiger partial charge in [-0.25, -0.2) is 0 Å². The Morgan fingerprint density at radius 2 is 2.00 bits per heavy atom. The average molecular weight is 211 g/mol. The molecule has 0 unspecified atom stereocenters. The number of fused-ring (bicyclic) bond motifs is 2. The number of nitrogens with zero attached hydrogens (tertiary/aromatic N) is 1. The maximum absolute atomic E-state index is 11.1. The van der Waals surface area contributed by atoms with Crippen LogP contribution in [-0.4, -0.2) is 37.6 Å². The lowest BCUT2D eigenvalue weighted by molar-refractivity contribution is -0.141. The van der Waals surface area contributed by atoms with E-state index in [0.717, 1.165) is 18.4 Å². The summed E-state index contributed by atoms with van der Waals surface area (Å²) < 4.78 is 4.67. The molecule has 2 bridgehead atoms. The maximum atomic E-state index is 11.1. The van der Waals surface area contributed by atoms with Gasteiger partial charge in [-0.3, -0.25) is 4.79 Å². The predicted octanol–water partition coefficient (Wildman–Crippen LogP) is 1.67. The lowest BCUT2D eigenvalue weighted by Gasteiger charge is -2.41. The molecule has 1 saturated carbocycles. The van der Waals surface area contributed by atoms with E-state index < -0.39 is 0 Å². The number of hydrogen-bond donors (Lipinski definition) is 0. The van der Waals surface area contributed by atoms with Gasteiger partial charge in [0, 0.05) is 19.6 Å². The second-order valence-electron chi connectivity index (χ2n) is 4.98. The maximum Gasteiger partial charge on any atom is 0.306 e. The number of rotatable bonds is 3. The van der Waals surface area contributed by atoms with E-state index in [1.54, 1.807) is 0 Å². The molecule has 1 saturated heterocycles. The fourth-order valence-electron chi connectivity index (χ4n) is 3.07. The second kappa shape index (κ2) is 4.97. The van der Waals surface area contributed by atoms with E-state index in [-0.39, 0.29) is 5.97 Å². The van der Waals surface area contributed by atoms with Crippen LogP contribution in [0.3, 0.4) is 0 Å². The highest BCUT2D eigenvalue weighted by atomic mass is 16.5. The Morgan fingerprint density at radius 3 is 2.60 bits per heavy atom. The number of esters is 1. The fourth-order valence-corrected chi connectivity index (χ4v) is 3.07. The highest BCUT2D eigenvalue weighted by molar-refractivity contribution is 5.69. The molecule has 2 atom stereocenters. The highest BCUT2D eigenvalue weighted by Gasteiger charge is 2.30. The number of methoxy groups -OCH3 is 1. The average Bonchev–Trinajstić information content (AvgIpc) is 2.25. The first-order valence-electron chi connectivity index (χ1n) is 6.07. The zero-order valence-electron chi connectivity index (χ0n) is 9.58. The van der Waals surface area contributed by atoms with Crippen molar-refractivity contribution in [2.24, 2.45) is 11.8 Å². The Morgan fingerprint density at radius 1 is 1.33 bits per heavy atom. The minimum Gasteiger partial charge on any atom is -0.469 e. The van der Waals surface area contributed by atoms with Crippen molar-refractivity contribution in [3.05, 3.63) is 0 Å². The van der Waals surface area contributed by atoms with Crippen LogP contribution >= 0.6 is 0 Å². The van der Waals surface area contributed by atoms with E-state index in [4.69, 9.17) is 0 Å². The summed E-state index contributed by atoms with van der Waals surface area (Å²) in [5.41, 5.74) is 0. The summed E-state index contributed by atoms with van der Waals surface area (Å²) in [5.74, 6) is 1.72. The van der Waals surface area contributed by atoms with Gasteiger partial charge < -0.3 is 9.64 Å². The summed E-state index contributed by atoms with van der Waals surface area (Å²) in [7, 11) is 1.47. The van der Waals surface area contributed by atoms with Gasteiger partial charge in [0.25, 0.3) is 0 Å². The second-order valence-corrected chi connectivity index (χ2v) is 4.98. The molecular weight excluding hydrogens is 190 g/mol. The van der Waals surface area contributed by atoms with Crippen molar-refractivity contribution in [3.63, 3.8) is 0 Å². The third-order valence-corrected chi connectivity index (χ3v) is 3.78. The first-order chi connectivity index (χ1) is 7.28. The highest BCUT2D eigenvalue weighted by Crippen LogP contribution is 2.34. The Kier molecular flexibility index (Phi) is 3.62. The largest absolute Gasteiger partial charge is 0.469 e. The summed E-state index contributed by atoms with van der Waals surface area (Å²) in [5, 5.41) is 0. The standard InChI is InChI=1S/C12H21NO2/c1-15-12(14)5-6-13-8-10-3-2-4-11(7-10)9-13/h10-11H,2-9H2,1H3/t10-,11+. The topological polar surface area (TPSA) is 29.5 Å². The van der Waals surface area contributed by atoms with Gasteiger partial charge in [0.2, 0.25) is 0 Å². The molecule has 0 spiro atoms. The van der Waals surface area contributed by atoms with Crippen LogP contribution in [0.5, 0.6) is 0 Å². The Hall–Kier alpha value is -0.570. The van der Waals surface area contributed by atoms with Crippen LogP contribution in [0.4, 0.5) is 0 Å². The number of carbonyl (C=O) groups is 1. The molecule has 0 amide bonds. The molecule has 2 aliphatic rings. The molecule has 0 radical (unpaired) electrons. The smallest absolute Gasteiger partial charge is 0.306 e. The van der Waals surface area contributed by atoms with Crippen LogP contribution in [0.25, 0.3) is 0 Å². The van der Waals surface area contributed by atoms with Crippen LogP contribution < -0.4 is 0 Å². The Balaban J connectivity index is 1.76. The van der Waals surface area contributed by atoms with E-state index in [1.165, 1.54) is 45.9 Å². The normalized spacial score (nSPS) is 31.3. The van der Waals surface area contributed by atoms with Crippen LogP contribution in [0.15, 0.2) is 0 Å². The van der Waals surface area contributed by atoms with Crippen molar-refractivity contribution in [1.29, 1.82) is 0 Å². The number of hydrogen-bond acceptors (Lipinski definition) is 3. The number of piperidine rings is 1. The van der Waals surface area contributed by atoms with Crippen molar-refractivity contribution >= 4 is 5.97 Å². The molecule has 1 aliphatic carbocycles. The number of likely N-dealkylation sites (tertiary alicyclic amines) is 1. The Bertz CT molecular complexity index is 218. The predicted molar refractivity (Wildman–Crippen MR) is 58.5 cm³/mol. The molecule has 0 aromatic carbocycles. The molecule has 2 rings (SSSR count). The van der Waals surface area contributed by atoms with E-state index in [9.17, 15) is 4.79 Å². The SMILES string of the molecule is COC(=O)CCN1C[C@@H]2CCC[C@@H](C2)C1. The van der Waals surface area contributed by atoms with E-state index in [2.05, 4.69) is 9.64 Å². The quantitative estimate of drug-likeness (QED) is 0.665. The molecule has 0 aromatic rings. The molecular formula is C12H21NO2.